The van der Waals surface area contributed by atoms with Crippen LogP contribution in [0, 0.1) is 23.7 Å². The maximum absolute atomic E-state index is 12.5. The number of benzene rings is 1. The molecule has 2 saturated carbocycles. The number of hydrogen-bond acceptors (Lipinski definition) is 5. The number of alkyl halides is 1. The van der Waals surface area contributed by atoms with E-state index in [4.69, 9.17) is 32.7 Å². The molecule has 1 aromatic rings. The number of carbonyl (C=O) groups is 3. The SMILES string of the molecule is O=C(COC(=O)[C@@H]1[C@H]2C[C@H]3[C@H](OC(=O)[C@@H]31)[C@H]2Br)Nc1ccc(Cl)c(Cl)c1. The van der Waals surface area contributed by atoms with Crippen LogP contribution in [-0.4, -0.2) is 35.4 Å². The number of amides is 1. The number of halogens is 3. The molecule has 3 fully saturated rings. The van der Waals surface area contributed by atoms with Gasteiger partial charge in [-0.25, -0.2) is 0 Å². The smallest absolute Gasteiger partial charge is 0.310 e. The molecule has 1 saturated heterocycles. The van der Waals surface area contributed by atoms with Gasteiger partial charge in [-0.3, -0.25) is 14.4 Å². The second-order valence-corrected chi connectivity index (χ2v) is 8.62. The summed E-state index contributed by atoms with van der Waals surface area (Å²) in [5.74, 6) is -2.34. The number of esters is 2. The van der Waals surface area contributed by atoms with E-state index in [1.54, 1.807) is 12.1 Å². The minimum atomic E-state index is -0.562. The molecule has 6 atom stereocenters. The number of anilines is 1. The monoisotopic (exact) mass is 461 g/mol. The summed E-state index contributed by atoms with van der Waals surface area (Å²) < 4.78 is 10.5. The Kier molecular flexibility index (Phi) is 4.65. The van der Waals surface area contributed by atoms with Crippen molar-refractivity contribution in [3.63, 3.8) is 0 Å². The third-order valence-electron chi connectivity index (χ3n) is 5.34. The molecular formula is C17H14BrCl2NO5. The van der Waals surface area contributed by atoms with E-state index in [1.807, 2.05) is 0 Å². The van der Waals surface area contributed by atoms with E-state index >= 15 is 0 Å². The Hall–Kier alpha value is -1.31. The van der Waals surface area contributed by atoms with Crippen LogP contribution in [0.15, 0.2) is 18.2 Å². The highest BCUT2D eigenvalue weighted by Gasteiger charge is 2.68. The number of ether oxygens (including phenoxy) is 2. The standard InChI is InChI=1S/C17H14BrCl2NO5/c18-14-7-4-8-13(17(24)26-15(8)14)12(7)16(23)25-5-11(22)21-6-1-2-9(19)10(20)3-6/h1-3,7-8,12-15H,4-5H2,(H,21,22)/t7-,8-,12-,13+,14+,15+/m1/s1. The van der Waals surface area contributed by atoms with E-state index in [9.17, 15) is 14.4 Å². The molecule has 138 valence electrons. The Labute approximate surface area is 167 Å². The molecular weight excluding hydrogens is 449 g/mol. The average Bonchev–Trinajstić information content (AvgIpc) is 3.20. The summed E-state index contributed by atoms with van der Waals surface area (Å²) in [5, 5.41) is 3.26. The summed E-state index contributed by atoms with van der Waals surface area (Å²) in [6, 6.07) is 4.65. The lowest BCUT2D eigenvalue weighted by molar-refractivity contribution is -0.157. The van der Waals surface area contributed by atoms with Gasteiger partial charge in [0.2, 0.25) is 0 Å². The zero-order valence-corrected chi connectivity index (χ0v) is 16.4. The first-order valence-corrected chi connectivity index (χ1v) is 9.80. The molecule has 0 aromatic heterocycles. The largest absolute Gasteiger partial charge is 0.461 e. The summed E-state index contributed by atoms with van der Waals surface area (Å²) >= 11 is 15.2. The van der Waals surface area contributed by atoms with Gasteiger partial charge in [-0.2, -0.15) is 0 Å². The predicted molar refractivity (Wildman–Crippen MR) is 97.2 cm³/mol. The Bertz CT molecular complexity index is 803. The fourth-order valence-electron chi connectivity index (χ4n) is 4.30. The fourth-order valence-corrected chi connectivity index (χ4v) is 5.64. The maximum atomic E-state index is 12.5. The van der Waals surface area contributed by atoms with E-state index in [0.717, 1.165) is 6.42 Å². The number of fused-ring (bicyclic) bond motifs is 1. The highest BCUT2D eigenvalue weighted by molar-refractivity contribution is 9.09. The molecule has 1 N–H and O–H groups in total. The van der Waals surface area contributed by atoms with Gasteiger partial charge in [-0.05, 0) is 30.5 Å². The molecule has 0 unspecified atom stereocenters. The van der Waals surface area contributed by atoms with Gasteiger partial charge < -0.3 is 14.8 Å². The number of carbonyl (C=O) groups excluding carboxylic acids is 3. The van der Waals surface area contributed by atoms with Gasteiger partial charge in [0.15, 0.2) is 6.61 Å². The third kappa shape index (κ3) is 2.90. The van der Waals surface area contributed by atoms with Gasteiger partial charge in [0.25, 0.3) is 5.91 Å². The van der Waals surface area contributed by atoms with E-state index in [1.165, 1.54) is 6.07 Å². The lowest BCUT2D eigenvalue weighted by Crippen LogP contribution is -2.39. The van der Waals surface area contributed by atoms with Crippen molar-refractivity contribution >= 4 is 62.7 Å². The fraction of sp³-hybridized carbons (Fsp3) is 0.471. The zero-order chi connectivity index (χ0) is 18.6. The Morgan fingerprint density at radius 1 is 1.27 bits per heavy atom. The van der Waals surface area contributed by atoms with Crippen LogP contribution >= 0.6 is 39.1 Å². The Morgan fingerprint density at radius 2 is 2.04 bits per heavy atom. The molecule has 1 amide bonds. The van der Waals surface area contributed by atoms with Gasteiger partial charge in [-0.1, -0.05) is 39.1 Å². The predicted octanol–water partition coefficient (Wildman–Crippen LogP) is 3.05. The van der Waals surface area contributed by atoms with Gasteiger partial charge in [0, 0.05) is 11.6 Å². The van der Waals surface area contributed by atoms with Crippen LogP contribution < -0.4 is 5.32 Å². The van der Waals surface area contributed by atoms with Crippen LogP contribution in [0.25, 0.3) is 0 Å². The molecule has 1 aliphatic heterocycles. The normalized spacial score (nSPS) is 33.9. The minimum Gasteiger partial charge on any atom is -0.461 e. The van der Waals surface area contributed by atoms with Crippen molar-refractivity contribution in [3.05, 3.63) is 28.2 Å². The number of nitrogens with one attached hydrogen (secondary N) is 1. The molecule has 0 radical (unpaired) electrons. The van der Waals surface area contributed by atoms with Crippen molar-refractivity contribution in [2.24, 2.45) is 23.7 Å². The van der Waals surface area contributed by atoms with Crippen molar-refractivity contribution < 1.29 is 23.9 Å². The first-order chi connectivity index (χ1) is 12.4. The maximum Gasteiger partial charge on any atom is 0.310 e. The molecule has 2 aliphatic carbocycles. The first-order valence-electron chi connectivity index (χ1n) is 8.13. The van der Waals surface area contributed by atoms with Crippen LogP contribution in [0.1, 0.15) is 6.42 Å². The van der Waals surface area contributed by atoms with E-state index in [0.29, 0.717) is 15.7 Å². The van der Waals surface area contributed by atoms with Crippen molar-refractivity contribution in [1.29, 1.82) is 0 Å². The summed E-state index contributed by atoms with van der Waals surface area (Å²) in [5.41, 5.74) is 0.447. The van der Waals surface area contributed by atoms with Crippen molar-refractivity contribution in [3.8, 4) is 0 Å². The van der Waals surface area contributed by atoms with E-state index in [2.05, 4.69) is 21.2 Å². The summed E-state index contributed by atoms with van der Waals surface area (Å²) in [4.78, 5) is 36.5. The molecule has 1 heterocycles. The lowest BCUT2D eigenvalue weighted by atomic mass is 9.80. The highest BCUT2D eigenvalue weighted by atomic mass is 79.9. The van der Waals surface area contributed by atoms with Crippen molar-refractivity contribution in [2.45, 2.75) is 17.4 Å². The van der Waals surface area contributed by atoms with Crippen molar-refractivity contribution in [2.75, 3.05) is 11.9 Å². The summed E-state index contributed by atoms with van der Waals surface area (Å²) in [6.07, 6.45) is 0.603. The van der Waals surface area contributed by atoms with Crippen LogP contribution in [0.3, 0.4) is 0 Å². The lowest BCUT2D eigenvalue weighted by Gasteiger charge is -2.26. The molecule has 9 heteroatoms. The average molecular weight is 463 g/mol. The zero-order valence-electron chi connectivity index (χ0n) is 13.3. The van der Waals surface area contributed by atoms with Crippen LogP contribution in [0.2, 0.25) is 10.0 Å². The Morgan fingerprint density at radius 3 is 2.77 bits per heavy atom. The molecule has 1 aromatic carbocycles. The minimum absolute atomic E-state index is 0.00733. The second-order valence-electron chi connectivity index (χ2n) is 6.75. The summed E-state index contributed by atoms with van der Waals surface area (Å²) in [6.45, 7) is -0.439. The van der Waals surface area contributed by atoms with Crippen molar-refractivity contribution in [1.82, 2.24) is 0 Å². The Balaban J connectivity index is 1.36. The second kappa shape index (κ2) is 6.69. The number of hydrogen-bond donors (Lipinski definition) is 1. The molecule has 0 spiro atoms. The van der Waals surface area contributed by atoms with E-state index < -0.39 is 30.3 Å². The quantitative estimate of drug-likeness (QED) is 0.549. The molecule has 3 aliphatic rings. The van der Waals surface area contributed by atoms with Gasteiger partial charge >= 0.3 is 11.9 Å². The van der Waals surface area contributed by atoms with Gasteiger partial charge in [0.1, 0.15) is 6.10 Å². The van der Waals surface area contributed by atoms with Crippen LogP contribution in [0.5, 0.6) is 0 Å². The molecule has 26 heavy (non-hydrogen) atoms. The van der Waals surface area contributed by atoms with Crippen LogP contribution in [0.4, 0.5) is 5.69 Å². The highest BCUT2D eigenvalue weighted by Crippen LogP contribution is 2.60. The molecule has 4 rings (SSSR count). The summed E-state index contributed by atoms with van der Waals surface area (Å²) in [7, 11) is 0. The van der Waals surface area contributed by atoms with Gasteiger partial charge in [0.05, 0.1) is 26.7 Å². The molecule has 2 bridgehead atoms. The molecule has 6 nitrogen and oxygen atoms in total. The first kappa shape index (κ1) is 18.1. The topological polar surface area (TPSA) is 81.7 Å². The van der Waals surface area contributed by atoms with Crippen LogP contribution in [-0.2, 0) is 23.9 Å². The number of rotatable bonds is 4. The van der Waals surface area contributed by atoms with Gasteiger partial charge in [-0.15, -0.1) is 0 Å². The van der Waals surface area contributed by atoms with E-state index in [-0.39, 0.29) is 28.7 Å². The third-order valence-corrected chi connectivity index (χ3v) is 7.28.